The highest BCUT2D eigenvalue weighted by molar-refractivity contribution is 7.19. The van der Waals surface area contributed by atoms with Crippen molar-refractivity contribution in [2.75, 3.05) is 6.54 Å². The highest BCUT2D eigenvalue weighted by atomic mass is 32.1. The van der Waals surface area contributed by atoms with Gasteiger partial charge in [-0.3, -0.25) is 4.79 Å². The maximum Gasteiger partial charge on any atom is 0.261 e. The molecule has 0 spiro atoms. The summed E-state index contributed by atoms with van der Waals surface area (Å²) < 4.78 is 1.15. The second-order valence-corrected chi connectivity index (χ2v) is 6.88. The number of amides is 1. The van der Waals surface area contributed by atoms with E-state index < -0.39 is 6.10 Å². The Morgan fingerprint density at radius 3 is 2.86 bits per heavy atom. The molecule has 0 aliphatic rings. The van der Waals surface area contributed by atoms with Crippen molar-refractivity contribution >= 4 is 38.7 Å². The van der Waals surface area contributed by atoms with Crippen molar-refractivity contribution in [3.63, 3.8) is 0 Å². The van der Waals surface area contributed by atoms with Crippen LogP contribution >= 0.6 is 22.7 Å². The van der Waals surface area contributed by atoms with Gasteiger partial charge in [0, 0.05) is 16.1 Å². The van der Waals surface area contributed by atoms with Crippen LogP contribution in [-0.2, 0) is 0 Å². The Balaban J connectivity index is 1.67. The van der Waals surface area contributed by atoms with E-state index in [1.807, 2.05) is 48.7 Å². The number of hydrogen-bond acceptors (Lipinski definition) is 4. The zero-order chi connectivity index (χ0) is 14.8. The lowest BCUT2D eigenvalue weighted by atomic mass is 10.2. The van der Waals surface area contributed by atoms with Crippen molar-refractivity contribution in [2.45, 2.75) is 13.0 Å². The first-order valence-corrected chi connectivity index (χ1v) is 8.33. The van der Waals surface area contributed by atoms with Gasteiger partial charge in [0.05, 0.1) is 4.88 Å². The molecule has 2 aromatic heterocycles. The summed E-state index contributed by atoms with van der Waals surface area (Å²) in [5.74, 6) is -0.123. The summed E-state index contributed by atoms with van der Waals surface area (Å²) in [6.45, 7) is 2.14. The molecule has 5 heteroatoms. The molecule has 2 N–H and O–H groups in total. The van der Waals surface area contributed by atoms with Crippen LogP contribution in [0.15, 0.2) is 41.8 Å². The second-order valence-electron chi connectivity index (χ2n) is 4.85. The molecule has 1 aromatic carbocycles. The van der Waals surface area contributed by atoms with Crippen LogP contribution in [0.2, 0.25) is 0 Å². The Bertz CT molecular complexity index is 742. The lowest BCUT2D eigenvalue weighted by molar-refractivity contribution is 0.0921. The normalized spacial score (nSPS) is 12.5. The standard InChI is InChI=1S/C16H15NO2S2/c1-10-6-7-20-15(10)16(19)17-9-12(18)14-8-11-4-2-3-5-13(11)21-14/h2-8,12,18H,9H2,1H3,(H,17,19)/t12-/m0/s1. The lowest BCUT2D eigenvalue weighted by Crippen LogP contribution is -2.27. The van der Waals surface area contributed by atoms with Crippen molar-refractivity contribution in [2.24, 2.45) is 0 Å². The number of fused-ring (bicyclic) bond motifs is 1. The summed E-state index contributed by atoms with van der Waals surface area (Å²) in [6, 6.07) is 11.9. The van der Waals surface area contributed by atoms with E-state index >= 15 is 0 Å². The van der Waals surface area contributed by atoms with Crippen molar-refractivity contribution in [3.8, 4) is 0 Å². The number of carbonyl (C=O) groups is 1. The fourth-order valence-corrected chi connectivity index (χ4v) is 4.03. The Morgan fingerprint density at radius 2 is 2.14 bits per heavy atom. The lowest BCUT2D eigenvalue weighted by Gasteiger charge is -2.09. The van der Waals surface area contributed by atoms with Gasteiger partial charge in [-0.25, -0.2) is 0 Å². The molecule has 0 saturated heterocycles. The number of hydrogen-bond donors (Lipinski definition) is 2. The number of aliphatic hydroxyl groups is 1. The molecule has 3 nitrogen and oxygen atoms in total. The second kappa shape index (κ2) is 5.97. The minimum absolute atomic E-state index is 0.123. The van der Waals surface area contributed by atoms with E-state index in [4.69, 9.17) is 0 Å². The third kappa shape index (κ3) is 3.00. The highest BCUT2D eigenvalue weighted by Crippen LogP contribution is 2.29. The SMILES string of the molecule is Cc1ccsc1C(=O)NC[C@H](O)c1cc2ccccc2s1. The van der Waals surface area contributed by atoms with E-state index in [2.05, 4.69) is 5.32 Å². The molecule has 0 saturated carbocycles. The first-order valence-electron chi connectivity index (χ1n) is 6.64. The van der Waals surface area contributed by atoms with Crippen LogP contribution in [0.5, 0.6) is 0 Å². The number of carbonyl (C=O) groups excluding carboxylic acids is 1. The first kappa shape index (κ1) is 14.3. The quantitative estimate of drug-likeness (QED) is 0.770. The fraction of sp³-hybridized carbons (Fsp3) is 0.188. The molecule has 0 fully saturated rings. The van der Waals surface area contributed by atoms with Crippen molar-refractivity contribution in [3.05, 3.63) is 57.1 Å². The Labute approximate surface area is 130 Å². The number of aryl methyl sites for hydroxylation is 1. The van der Waals surface area contributed by atoms with Crippen LogP contribution in [0.4, 0.5) is 0 Å². The molecule has 2 heterocycles. The van der Waals surface area contributed by atoms with Gasteiger partial charge in [-0.1, -0.05) is 18.2 Å². The number of aliphatic hydroxyl groups excluding tert-OH is 1. The summed E-state index contributed by atoms with van der Waals surface area (Å²) in [5.41, 5.74) is 0.967. The third-order valence-electron chi connectivity index (χ3n) is 3.30. The largest absolute Gasteiger partial charge is 0.386 e. The average molecular weight is 317 g/mol. The summed E-state index contributed by atoms with van der Waals surface area (Å²) >= 11 is 2.98. The number of benzene rings is 1. The average Bonchev–Trinajstić information content (AvgIpc) is 3.10. The van der Waals surface area contributed by atoms with Crippen molar-refractivity contribution in [1.29, 1.82) is 0 Å². The maximum absolute atomic E-state index is 12.0. The molecule has 3 aromatic rings. The van der Waals surface area contributed by atoms with Crippen LogP contribution in [0.3, 0.4) is 0 Å². The first-order chi connectivity index (χ1) is 10.1. The summed E-state index contributed by atoms with van der Waals surface area (Å²) in [4.78, 5) is 13.6. The van der Waals surface area contributed by atoms with Crippen LogP contribution in [0.1, 0.15) is 26.2 Å². The van der Waals surface area contributed by atoms with Crippen LogP contribution < -0.4 is 5.32 Å². The van der Waals surface area contributed by atoms with Gasteiger partial charge >= 0.3 is 0 Å². The summed E-state index contributed by atoms with van der Waals surface area (Å²) in [7, 11) is 0. The molecule has 1 amide bonds. The molecule has 21 heavy (non-hydrogen) atoms. The van der Waals surface area contributed by atoms with E-state index in [9.17, 15) is 9.90 Å². The predicted molar refractivity (Wildman–Crippen MR) is 88.2 cm³/mol. The Morgan fingerprint density at radius 1 is 1.33 bits per heavy atom. The van der Waals surface area contributed by atoms with Crippen molar-refractivity contribution < 1.29 is 9.90 Å². The summed E-state index contributed by atoms with van der Waals surface area (Å²) in [6.07, 6.45) is -0.674. The van der Waals surface area contributed by atoms with Crippen LogP contribution in [0.25, 0.3) is 10.1 Å². The molecule has 0 aliphatic carbocycles. The predicted octanol–water partition coefficient (Wildman–Crippen LogP) is 3.73. The summed E-state index contributed by atoms with van der Waals surface area (Å²) in [5, 5.41) is 16.1. The van der Waals surface area contributed by atoms with E-state index in [1.165, 1.54) is 11.3 Å². The molecule has 3 rings (SSSR count). The Kier molecular flexibility index (Phi) is 4.05. The fourth-order valence-electron chi connectivity index (χ4n) is 2.14. The van der Waals surface area contributed by atoms with Crippen LogP contribution in [0, 0.1) is 6.92 Å². The zero-order valence-electron chi connectivity index (χ0n) is 11.5. The van der Waals surface area contributed by atoms with Gasteiger partial charge in [-0.2, -0.15) is 0 Å². The van der Waals surface area contributed by atoms with Gasteiger partial charge in [0.1, 0.15) is 6.10 Å². The van der Waals surface area contributed by atoms with Gasteiger partial charge in [-0.15, -0.1) is 22.7 Å². The van der Waals surface area contributed by atoms with Gasteiger partial charge < -0.3 is 10.4 Å². The molecule has 0 bridgehead atoms. The number of rotatable bonds is 4. The van der Waals surface area contributed by atoms with Crippen LogP contribution in [-0.4, -0.2) is 17.6 Å². The highest BCUT2D eigenvalue weighted by Gasteiger charge is 2.15. The van der Waals surface area contributed by atoms with Crippen molar-refractivity contribution in [1.82, 2.24) is 5.32 Å². The van der Waals surface area contributed by atoms with E-state index in [1.54, 1.807) is 11.3 Å². The third-order valence-corrected chi connectivity index (χ3v) is 5.53. The molecular formula is C16H15NO2S2. The minimum atomic E-state index is -0.674. The van der Waals surface area contributed by atoms with Gasteiger partial charge in [0.2, 0.25) is 0 Å². The molecule has 1 atom stereocenters. The topological polar surface area (TPSA) is 49.3 Å². The monoisotopic (exact) mass is 317 g/mol. The number of nitrogens with one attached hydrogen (secondary N) is 1. The Hall–Kier alpha value is -1.69. The minimum Gasteiger partial charge on any atom is -0.386 e. The molecule has 0 aliphatic heterocycles. The van der Waals surface area contributed by atoms with Gasteiger partial charge in [0.15, 0.2) is 0 Å². The zero-order valence-corrected chi connectivity index (χ0v) is 13.1. The molecule has 0 radical (unpaired) electrons. The van der Waals surface area contributed by atoms with E-state index in [-0.39, 0.29) is 12.5 Å². The molecular weight excluding hydrogens is 302 g/mol. The van der Waals surface area contributed by atoms with E-state index in [0.29, 0.717) is 4.88 Å². The van der Waals surface area contributed by atoms with E-state index in [0.717, 1.165) is 20.5 Å². The molecule has 108 valence electrons. The van der Waals surface area contributed by atoms with Gasteiger partial charge in [-0.05, 0) is 41.5 Å². The number of thiophene rings is 2. The van der Waals surface area contributed by atoms with Gasteiger partial charge in [0.25, 0.3) is 5.91 Å². The molecule has 0 unspecified atom stereocenters. The maximum atomic E-state index is 12.0. The smallest absolute Gasteiger partial charge is 0.261 e.